The molecule has 0 rings (SSSR count). The molecule has 0 radical (unpaired) electrons. The van der Waals surface area contributed by atoms with Gasteiger partial charge in [-0.1, -0.05) is 22.9 Å². The number of rotatable bonds is 3. The summed E-state index contributed by atoms with van der Waals surface area (Å²) in [7, 11) is 0. The van der Waals surface area contributed by atoms with Crippen molar-refractivity contribution in [2.45, 2.75) is 45.0 Å². The molecule has 1 unspecified atom stereocenters. The summed E-state index contributed by atoms with van der Waals surface area (Å²) in [5.74, 6) is 0. The van der Waals surface area contributed by atoms with Gasteiger partial charge in [-0.2, -0.15) is 0 Å². The van der Waals surface area contributed by atoms with Crippen molar-refractivity contribution in [2.75, 3.05) is 0 Å². The lowest BCUT2D eigenvalue weighted by Gasteiger charge is -2.07. The van der Waals surface area contributed by atoms with Gasteiger partial charge in [-0.05, 0) is 27.2 Å². The van der Waals surface area contributed by atoms with Gasteiger partial charge in [0.25, 0.3) is 0 Å². The molecular formula is C8H16BrN. The molecule has 0 amide bonds. The topological polar surface area (TPSA) is 12.4 Å². The molecule has 0 aromatic heterocycles. The summed E-state index contributed by atoms with van der Waals surface area (Å²) in [6.07, 6.45) is 1.11. The zero-order chi connectivity index (χ0) is 8.15. The Balaban J connectivity index is 3.91. The van der Waals surface area contributed by atoms with Crippen molar-refractivity contribution in [3.8, 4) is 0 Å². The van der Waals surface area contributed by atoms with E-state index in [2.05, 4.69) is 48.6 Å². The van der Waals surface area contributed by atoms with Crippen molar-refractivity contribution in [3.63, 3.8) is 0 Å². The molecule has 0 fully saturated rings. The molecule has 0 bridgehead atoms. The molecule has 0 saturated carbocycles. The third kappa shape index (κ3) is 4.04. The molecule has 10 heavy (non-hydrogen) atoms. The fourth-order valence-electron chi connectivity index (χ4n) is 0.784. The minimum absolute atomic E-state index is 0.423. The second-order valence-electron chi connectivity index (χ2n) is 2.74. The number of aliphatic imine (C=N–C) groups is 1. The van der Waals surface area contributed by atoms with Gasteiger partial charge in [-0.25, -0.2) is 0 Å². The van der Waals surface area contributed by atoms with Crippen molar-refractivity contribution in [1.29, 1.82) is 0 Å². The van der Waals surface area contributed by atoms with Crippen LogP contribution in [0.1, 0.15) is 34.1 Å². The van der Waals surface area contributed by atoms with E-state index in [4.69, 9.17) is 0 Å². The molecule has 0 aromatic rings. The SMILES string of the molecule is CCC(Br)C(C)=NC(C)C. The van der Waals surface area contributed by atoms with Gasteiger partial charge >= 0.3 is 0 Å². The largest absolute Gasteiger partial charge is 0.291 e. The van der Waals surface area contributed by atoms with Crippen LogP contribution in [0.15, 0.2) is 4.99 Å². The average Bonchev–Trinajstić information content (AvgIpc) is 1.85. The van der Waals surface area contributed by atoms with E-state index in [-0.39, 0.29) is 0 Å². The van der Waals surface area contributed by atoms with Crippen LogP contribution in [-0.2, 0) is 0 Å². The quantitative estimate of drug-likeness (QED) is 0.497. The Labute approximate surface area is 72.1 Å². The normalized spacial score (nSPS) is 16.0. The maximum absolute atomic E-state index is 4.42. The first-order valence-corrected chi connectivity index (χ1v) is 4.67. The Kier molecular flexibility index (Phi) is 4.96. The van der Waals surface area contributed by atoms with Crippen molar-refractivity contribution in [1.82, 2.24) is 0 Å². The third-order valence-electron chi connectivity index (χ3n) is 1.27. The first kappa shape index (κ1) is 10.2. The number of nitrogens with zero attached hydrogens (tertiary/aromatic N) is 1. The van der Waals surface area contributed by atoms with Crippen LogP contribution in [0, 0.1) is 0 Å². The monoisotopic (exact) mass is 205 g/mol. The lowest BCUT2D eigenvalue weighted by Crippen LogP contribution is -2.10. The Bertz CT molecular complexity index is 118. The van der Waals surface area contributed by atoms with Gasteiger partial charge in [0, 0.05) is 11.8 Å². The van der Waals surface area contributed by atoms with Crippen LogP contribution in [0.5, 0.6) is 0 Å². The molecule has 0 heterocycles. The Morgan fingerprint density at radius 3 is 2.30 bits per heavy atom. The van der Waals surface area contributed by atoms with Crippen LogP contribution in [-0.4, -0.2) is 16.6 Å². The van der Waals surface area contributed by atoms with Gasteiger partial charge in [0.15, 0.2) is 0 Å². The van der Waals surface area contributed by atoms with Gasteiger partial charge in [0.05, 0.1) is 4.83 Å². The lowest BCUT2D eigenvalue weighted by atomic mass is 10.2. The molecule has 0 spiro atoms. The fourth-order valence-corrected chi connectivity index (χ4v) is 0.902. The number of hydrogen-bond acceptors (Lipinski definition) is 1. The summed E-state index contributed by atoms with van der Waals surface area (Å²) in [6.45, 7) is 8.42. The summed E-state index contributed by atoms with van der Waals surface area (Å²) in [5.41, 5.74) is 1.21. The average molecular weight is 206 g/mol. The predicted molar refractivity (Wildman–Crippen MR) is 51.3 cm³/mol. The highest BCUT2D eigenvalue weighted by Gasteiger charge is 2.03. The first-order valence-electron chi connectivity index (χ1n) is 3.76. The van der Waals surface area contributed by atoms with Crippen LogP contribution in [0.4, 0.5) is 0 Å². The highest BCUT2D eigenvalue weighted by molar-refractivity contribution is 9.10. The summed E-state index contributed by atoms with van der Waals surface area (Å²) in [6, 6.07) is 0.423. The standard InChI is InChI=1S/C8H16BrN/c1-5-8(9)7(4)10-6(2)3/h6,8H,5H2,1-4H3. The van der Waals surface area contributed by atoms with E-state index in [9.17, 15) is 0 Å². The zero-order valence-corrected chi connectivity index (χ0v) is 8.77. The van der Waals surface area contributed by atoms with E-state index < -0.39 is 0 Å². The second-order valence-corrected chi connectivity index (χ2v) is 3.85. The van der Waals surface area contributed by atoms with E-state index >= 15 is 0 Å². The molecule has 0 aliphatic carbocycles. The minimum Gasteiger partial charge on any atom is -0.291 e. The Hall–Kier alpha value is 0.150. The number of alkyl halides is 1. The van der Waals surface area contributed by atoms with E-state index in [1.165, 1.54) is 5.71 Å². The van der Waals surface area contributed by atoms with Gasteiger partial charge < -0.3 is 0 Å². The Morgan fingerprint density at radius 2 is 2.00 bits per heavy atom. The van der Waals surface area contributed by atoms with Crippen LogP contribution >= 0.6 is 15.9 Å². The van der Waals surface area contributed by atoms with Crippen LogP contribution < -0.4 is 0 Å². The minimum atomic E-state index is 0.423. The number of hydrogen-bond donors (Lipinski definition) is 0. The number of halogens is 1. The molecule has 0 N–H and O–H groups in total. The zero-order valence-electron chi connectivity index (χ0n) is 7.19. The molecule has 1 atom stereocenters. The molecule has 0 aliphatic heterocycles. The summed E-state index contributed by atoms with van der Waals surface area (Å²) in [4.78, 5) is 4.89. The smallest absolute Gasteiger partial charge is 0.0519 e. The van der Waals surface area contributed by atoms with Crippen molar-refractivity contribution in [2.24, 2.45) is 4.99 Å². The van der Waals surface area contributed by atoms with Crippen LogP contribution in [0.25, 0.3) is 0 Å². The van der Waals surface area contributed by atoms with Crippen molar-refractivity contribution in [3.05, 3.63) is 0 Å². The highest BCUT2D eigenvalue weighted by Crippen LogP contribution is 2.07. The van der Waals surface area contributed by atoms with E-state index in [1.807, 2.05) is 0 Å². The molecular weight excluding hydrogens is 190 g/mol. The molecule has 1 nitrogen and oxygen atoms in total. The highest BCUT2D eigenvalue weighted by atomic mass is 79.9. The molecule has 2 heteroatoms. The molecule has 0 aliphatic rings. The molecule has 60 valence electrons. The molecule has 0 saturated heterocycles. The maximum Gasteiger partial charge on any atom is 0.0519 e. The van der Waals surface area contributed by atoms with E-state index in [0.717, 1.165) is 6.42 Å². The summed E-state index contributed by atoms with van der Waals surface area (Å²) in [5, 5.41) is 0. The van der Waals surface area contributed by atoms with Gasteiger partial charge in [-0.15, -0.1) is 0 Å². The van der Waals surface area contributed by atoms with Gasteiger partial charge in [0.2, 0.25) is 0 Å². The molecule has 0 aromatic carbocycles. The summed E-state index contributed by atoms with van der Waals surface area (Å²) < 4.78 is 0. The van der Waals surface area contributed by atoms with Gasteiger partial charge in [-0.3, -0.25) is 4.99 Å². The van der Waals surface area contributed by atoms with Gasteiger partial charge in [0.1, 0.15) is 0 Å². The predicted octanol–water partition coefficient (Wildman–Crippen LogP) is 3.03. The van der Waals surface area contributed by atoms with E-state index in [0.29, 0.717) is 10.9 Å². The van der Waals surface area contributed by atoms with Crippen LogP contribution in [0.2, 0.25) is 0 Å². The van der Waals surface area contributed by atoms with Crippen LogP contribution in [0.3, 0.4) is 0 Å². The Morgan fingerprint density at radius 1 is 1.50 bits per heavy atom. The maximum atomic E-state index is 4.42. The summed E-state index contributed by atoms with van der Waals surface area (Å²) >= 11 is 3.54. The fraction of sp³-hybridized carbons (Fsp3) is 0.875. The third-order valence-corrected chi connectivity index (χ3v) is 2.58. The van der Waals surface area contributed by atoms with E-state index in [1.54, 1.807) is 0 Å². The van der Waals surface area contributed by atoms with Crippen molar-refractivity contribution < 1.29 is 0 Å². The lowest BCUT2D eigenvalue weighted by molar-refractivity contribution is 0.825. The second kappa shape index (κ2) is 4.89. The first-order chi connectivity index (χ1) is 4.57. The van der Waals surface area contributed by atoms with Crippen molar-refractivity contribution >= 4 is 21.6 Å².